The first-order valence-corrected chi connectivity index (χ1v) is 11.8. The molecule has 8 nitrogen and oxygen atoms in total. The highest BCUT2D eigenvalue weighted by Gasteiger charge is 2.09. The van der Waals surface area contributed by atoms with Crippen LogP contribution in [0.4, 0.5) is 5.69 Å². The second kappa shape index (κ2) is 11.9. The van der Waals surface area contributed by atoms with Crippen LogP contribution in [0.15, 0.2) is 64.2 Å². The second-order valence-electron chi connectivity index (χ2n) is 7.09. The van der Waals surface area contributed by atoms with Crippen LogP contribution in [-0.2, 0) is 23.1 Å². The SMILES string of the molecule is CCNC(=NCc1ccccc1NS(C)(=O)=O)NCc1coc(-c2ccc(C)cc2)n1.I. The summed E-state index contributed by atoms with van der Waals surface area (Å²) in [6, 6.07) is 15.2. The number of benzene rings is 2. The Balaban J connectivity index is 0.00000363. The molecule has 3 N–H and O–H groups in total. The zero-order valence-electron chi connectivity index (χ0n) is 18.3. The van der Waals surface area contributed by atoms with Gasteiger partial charge in [0.2, 0.25) is 15.9 Å². The van der Waals surface area contributed by atoms with Gasteiger partial charge in [-0.3, -0.25) is 4.72 Å². The van der Waals surface area contributed by atoms with Gasteiger partial charge in [-0.15, -0.1) is 24.0 Å². The molecule has 0 bridgehead atoms. The van der Waals surface area contributed by atoms with Gasteiger partial charge in [-0.05, 0) is 37.6 Å². The number of para-hydroxylation sites is 1. The van der Waals surface area contributed by atoms with Crippen LogP contribution in [0.5, 0.6) is 0 Å². The summed E-state index contributed by atoms with van der Waals surface area (Å²) in [7, 11) is -3.37. The molecule has 10 heteroatoms. The monoisotopic (exact) mass is 569 g/mol. The van der Waals surface area contributed by atoms with Gasteiger partial charge >= 0.3 is 0 Å². The molecular formula is C22H28IN5O3S. The maximum Gasteiger partial charge on any atom is 0.229 e. The quantitative estimate of drug-likeness (QED) is 0.216. The van der Waals surface area contributed by atoms with E-state index in [0.29, 0.717) is 37.2 Å². The number of anilines is 1. The van der Waals surface area contributed by atoms with E-state index in [2.05, 4.69) is 25.3 Å². The molecule has 0 atom stereocenters. The summed E-state index contributed by atoms with van der Waals surface area (Å²) in [6.45, 7) is 5.43. The smallest absolute Gasteiger partial charge is 0.229 e. The van der Waals surface area contributed by atoms with Crippen molar-refractivity contribution in [1.82, 2.24) is 15.6 Å². The van der Waals surface area contributed by atoms with E-state index in [1.807, 2.05) is 50.2 Å². The predicted octanol–water partition coefficient (Wildman–Crippen LogP) is 3.89. The molecule has 0 amide bonds. The highest BCUT2D eigenvalue weighted by Crippen LogP contribution is 2.19. The van der Waals surface area contributed by atoms with Gasteiger partial charge in [-0.1, -0.05) is 35.9 Å². The third-order valence-electron chi connectivity index (χ3n) is 4.35. The van der Waals surface area contributed by atoms with Gasteiger partial charge in [-0.2, -0.15) is 0 Å². The fourth-order valence-electron chi connectivity index (χ4n) is 2.85. The summed E-state index contributed by atoms with van der Waals surface area (Å²) >= 11 is 0. The standard InChI is InChI=1S/C22H27N5O3S.HI/c1-4-23-22(24-13-18-7-5-6-8-20(18)27-31(3,28)29)25-14-19-15-30-21(26-19)17-11-9-16(2)10-12-17;/h5-12,15,27H,4,13-14H2,1-3H3,(H2,23,24,25);1H. The summed E-state index contributed by atoms with van der Waals surface area (Å²) in [6.07, 6.45) is 2.75. The molecule has 0 saturated heterocycles. The number of aliphatic imine (C=N–C) groups is 1. The molecule has 2 aromatic carbocycles. The van der Waals surface area contributed by atoms with Crippen molar-refractivity contribution in [2.75, 3.05) is 17.5 Å². The van der Waals surface area contributed by atoms with E-state index in [0.717, 1.165) is 23.1 Å². The van der Waals surface area contributed by atoms with Gasteiger partial charge in [0.15, 0.2) is 5.96 Å². The third kappa shape index (κ3) is 7.83. The molecule has 0 aliphatic rings. The van der Waals surface area contributed by atoms with Gasteiger partial charge in [0.05, 0.1) is 30.7 Å². The lowest BCUT2D eigenvalue weighted by molar-refractivity contribution is 0.572. The summed E-state index contributed by atoms with van der Waals surface area (Å²) in [5.41, 5.74) is 4.14. The fraction of sp³-hybridized carbons (Fsp3) is 0.273. The van der Waals surface area contributed by atoms with Crippen molar-refractivity contribution in [1.29, 1.82) is 0 Å². The van der Waals surface area contributed by atoms with Crippen LogP contribution in [0.25, 0.3) is 11.5 Å². The summed E-state index contributed by atoms with van der Waals surface area (Å²) in [4.78, 5) is 9.09. The van der Waals surface area contributed by atoms with Crippen molar-refractivity contribution in [3.8, 4) is 11.5 Å². The van der Waals surface area contributed by atoms with Gasteiger partial charge < -0.3 is 15.1 Å². The summed E-state index contributed by atoms with van der Waals surface area (Å²) in [5.74, 6) is 1.16. The topological polar surface area (TPSA) is 109 Å². The first-order chi connectivity index (χ1) is 14.8. The van der Waals surface area contributed by atoms with Crippen molar-refractivity contribution in [2.45, 2.75) is 26.9 Å². The number of oxazole rings is 1. The Morgan fingerprint density at radius 3 is 2.50 bits per heavy atom. The van der Waals surface area contributed by atoms with Crippen LogP contribution in [0.3, 0.4) is 0 Å². The first-order valence-electron chi connectivity index (χ1n) is 9.93. The number of guanidine groups is 1. The van der Waals surface area contributed by atoms with Crippen molar-refractivity contribution >= 4 is 45.6 Å². The minimum atomic E-state index is -3.37. The average molecular weight is 569 g/mol. The highest BCUT2D eigenvalue weighted by atomic mass is 127. The van der Waals surface area contributed by atoms with Crippen molar-refractivity contribution in [3.63, 3.8) is 0 Å². The van der Waals surface area contributed by atoms with Gasteiger partial charge in [0.25, 0.3) is 0 Å². The number of hydrogen-bond acceptors (Lipinski definition) is 5. The lowest BCUT2D eigenvalue weighted by atomic mass is 10.1. The number of rotatable bonds is 8. The Kier molecular flexibility index (Phi) is 9.51. The van der Waals surface area contributed by atoms with Gasteiger partial charge in [0.1, 0.15) is 6.26 Å². The number of nitrogens with zero attached hydrogens (tertiary/aromatic N) is 2. The van der Waals surface area contributed by atoms with E-state index in [-0.39, 0.29) is 24.0 Å². The minimum Gasteiger partial charge on any atom is -0.444 e. The highest BCUT2D eigenvalue weighted by molar-refractivity contribution is 14.0. The maximum absolute atomic E-state index is 11.6. The van der Waals surface area contributed by atoms with Crippen LogP contribution in [0.1, 0.15) is 23.7 Å². The Labute approximate surface area is 206 Å². The zero-order chi connectivity index (χ0) is 22.3. The predicted molar refractivity (Wildman–Crippen MR) is 139 cm³/mol. The molecule has 0 fully saturated rings. The molecule has 0 radical (unpaired) electrons. The first kappa shape index (κ1) is 25.7. The number of hydrogen-bond donors (Lipinski definition) is 3. The largest absolute Gasteiger partial charge is 0.444 e. The maximum atomic E-state index is 11.6. The molecule has 0 spiro atoms. The fourth-order valence-corrected chi connectivity index (χ4v) is 3.45. The summed E-state index contributed by atoms with van der Waals surface area (Å²) in [5, 5.41) is 6.40. The van der Waals surface area contributed by atoms with Gasteiger partial charge in [0, 0.05) is 12.1 Å². The van der Waals surface area contributed by atoms with Crippen molar-refractivity contribution in [2.24, 2.45) is 4.99 Å². The molecule has 1 aromatic heterocycles. The van der Waals surface area contributed by atoms with Crippen molar-refractivity contribution < 1.29 is 12.8 Å². The number of aromatic nitrogens is 1. The normalized spacial score (nSPS) is 11.5. The lowest BCUT2D eigenvalue weighted by Gasteiger charge is -2.12. The molecule has 172 valence electrons. The van der Waals surface area contributed by atoms with E-state index < -0.39 is 10.0 Å². The Morgan fingerprint density at radius 1 is 1.09 bits per heavy atom. The molecular weight excluding hydrogens is 541 g/mol. The molecule has 3 rings (SSSR count). The van der Waals surface area contributed by atoms with E-state index in [4.69, 9.17) is 4.42 Å². The van der Waals surface area contributed by atoms with E-state index in [1.54, 1.807) is 18.4 Å². The third-order valence-corrected chi connectivity index (χ3v) is 4.94. The van der Waals surface area contributed by atoms with Crippen molar-refractivity contribution in [3.05, 3.63) is 71.6 Å². The molecule has 0 aliphatic heterocycles. The molecule has 0 aliphatic carbocycles. The molecule has 0 saturated carbocycles. The van der Waals surface area contributed by atoms with E-state index >= 15 is 0 Å². The Morgan fingerprint density at radius 2 is 1.81 bits per heavy atom. The number of aryl methyl sites for hydroxylation is 1. The number of sulfonamides is 1. The second-order valence-corrected chi connectivity index (χ2v) is 8.84. The van der Waals surface area contributed by atoms with Gasteiger partial charge in [-0.25, -0.2) is 18.4 Å². The lowest BCUT2D eigenvalue weighted by Crippen LogP contribution is -2.36. The molecule has 3 aromatic rings. The molecule has 1 heterocycles. The van der Waals surface area contributed by atoms with Crippen LogP contribution >= 0.6 is 24.0 Å². The minimum absolute atomic E-state index is 0. The van der Waals surface area contributed by atoms with Crippen LogP contribution in [0, 0.1) is 6.92 Å². The average Bonchev–Trinajstić information content (AvgIpc) is 3.19. The Hall–Kier alpha value is -2.60. The zero-order valence-corrected chi connectivity index (χ0v) is 21.4. The Bertz CT molecular complexity index is 1140. The molecule has 32 heavy (non-hydrogen) atoms. The van der Waals surface area contributed by atoms with E-state index in [1.165, 1.54) is 5.56 Å². The van der Waals surface area contributed by atoms with Crippen LogP contribution in [-0.4, -0.2) is 32.2 Å². The van der Waals surface area contributed by atoms with E-state index in [9.17, 15) is 8.42 Å². The molecule has 0 unspecified atom stereocenters. The number of nitrogens with one attached hydrogen (secondary N) is 3. The van der Waals surface area contributed by atoms with Crippen LogP contribution < -0.4 is 15.4 Å². The van der Waals surface area contributed by atoms with Crippen LogP contribution in [0.2, 0.25) is 0 Å². The number of halogens is 1. The summed E-state index contributed by atoms with van der Waals surface area (Å²) < 4.78 is 31.3.